The van der Waals surface area contributed by atoms with Crippen molar-refractivity contribution < 1.29 is 27.4 Å². The van der Waals surface area contributed by atoms with Crippen LogP contribution in [-0.2, 0) is 10.9 Å². The number of methoxy groups -OCH3 is 2. The number of carbonyl (C=O) groups excluding carboxylic acids is 1. The molecule has 0 aliphatic rings. The van der Waals surface area contributed by atoms with E-state index < -0.39 is 23.8 Å². The molecule has 2 rings (SSSR count). The second-order valence-corrected chi connectivity index (χ2v) is 5.29. The summed E-state index contributed by atoms with van der Waals surface area (Å²) in [5, 5.41) is 2.59. The average molecular weight is 353 g/mol. The molecular formula is C18H18F3NO3. The van der Waals surface area contributed by atoms with Crippen molar-refractivity contribution in [3.8, 4) is 5.75 Å². The van der Waals surface area contributed by atoms with E-state index in [9.17, 15) is 18.0 Å². The van der Waals surface area contributed by atoms with Crippen LogP contribution >= 0.6 is 0 Å². The Morgan fingerprint density at radius 1 is 1.12 bits per heavy atom. The fraction of sp³-hybridized carbons (Fsp3) is 0.278. The summed E-state index contributed by atoms with van der Waals surface area (Å²) in [6, 6.07) is 11.4. The predicted molar refractivity (Wildman–Crippen MR) is 86.5 cm³/mol. The number of benzene rings is 2. The molecule has 0 bridgehead atoms. The van der Waals surface area contributed by atoms with E-state index in [1.165, 1.54) is 26.4 Å². The maximum atomic E-state index is 12.7. The summed E-state index contributed by atoms with van der Waals surface area (Å²) < 4.78 is 48.7. The van der Waals surface area contributed by atoms with Gasteiger partial charge in [0.15, 0.2) is 0 Å². The lowest BCUT2D eigenvalue weighted by Gasteiger charge is -2.17. The van der Waals surface area contributed by atoms with E-state index in [2.05, 4.69) is 5.32 Å². The Bertz CT molecular complexity index is 732. The summed E-state index contributed by atoms with van der Waals surface area (Å²) >= 11 is 0. The number of carbonyl (C=O) groups is 1. The molecule has 2 aromatic carbocycles. The molecule has 0 spiro atoms. The summed E-state index contributed by atoms with van der Waals surface area (Å²) in [7, 11) is 3.02. The first kappa shape index (κ1) is 18.8. The number of hydrogen-bond acceptors (Lipinski definition) is 3. The van der Waals surface area contributed by atoms with E-state index in [1.807, 2.05) is 6.07 Å². The molecule has 1 amide bonds. The Morgan fingerprint density at radius 2 is 1.84 bits per heavy atom. The van der Waals surface area contributed by atoms with Gasteiger partial charge in [0, 0.05) is 19.2 Å². The standard InChI is InChI=1S/C18H18F3NO3/c1-24-15-8-4-5-12(10-15)16(25-2)11-22-17(23)13-6-3-7-14(9-13)18(19,20)21/h3-10,16H,11H2,1-2H3,(H,22,23). The molecular weight excluding hydrogens is 335 g/mol. The van der Waals surface area contributed by atoms with Crippen molar-refractivity contribution in [2.75, 3.05) is 20.8 Å². The number of rotatable bonds is 6. The van der Waals surface area contributed by atoms with Crippen molar-refractivity contribution in [2.45, 2.75) is 12.3 Å². The molecule has 0 radical (unpaired) electrons. The Hall–Kier alpha value is -2.54. The van der Waals surface area contributed by atoms with Gasteiger partial charge in [-0.25, -0.2) is 0 Å². The van der Waals surface area contributed by atoms with Crippen molar-refractivity contribution in [1.29, 1.82) is 0 Å². The molecule has 25 heavy (non-hydrogen) atoms. The normalized spacial score (nSPS) is 12.5. The summed E-state index contributed by atoms with van der Waals surface area (Å²) in [5.41, 5.74) is -0.141. The monoisotopic (exact) mass is 353 g/mol. The predicted octanol–water partition coefficient (Wildman–Crippen LogP) is 3.83. The largest absolute Gasteiger partial charge is 0.497 e. The zero-order valence-corrected chi connectivity index (χ0v) is 13.8. The topological polar surface area (TPSA) is 47.6 Å². The zero-order valence-electron chi connectivity index (χ0n) is 13.8. The highest BCUT2D eigenvalue weighted by Gasteiger charge is 2.30. The van der Waals surface area contributed by atoms with Crippen LogP contribution in [0.3, 0.4) is 0 Å². The number of alkyl halides is 3. The molecule has 1 N–H and O–H groups in total. The van der Waals surface area contributed by atoms with Crippen LogP contribution in [0.1, 0.15) is 27.6 Å². The molecule has 7 heteroatoms. The molecule has 1 unspecified atom stereocenters. The summed E-state index contributed by atoms with van der Waals surface area (Å²) in [5.74, 6) is 0.0415. The van der Waals surface area contributed by atoms with Crippen molar-refractivity contribution in [2.24, 2.45) is 0 Å². The van der Waals surface area contributed by atoms with Crippen LogP contribution in [-0.4, -0.2) is 26.7 Å². The van der Waals surface area contributed by atoms with E-state index in [-0.39, 0.29) is 12.1 Å². The third kappa shape index (κ3) is 4.96. The maximum absolute atomic E-state index is 12.7. The van der Waals surface area contributed by atoms with Crippen LogP contribution < -0.4 is 10.1 Å². The second kappa shape index (κ2) is 8.02. The van der Waals surface area contributed by atoms with Gasteiger partial charge in [-0.05, 0) is 35.9 Å². The molecule has 1 atom stereocenters. The van der Waals surface area contributed by atoms with Gasteiger partial charge >= 0.3 is 6.18 Å². The summed E-state index contributed by atoms with van der Waals surface area (Å²) in [6.45, 7) is 0.110. The highest BCUT2D eigenvalue weighted by Crippen LogP contribution is 2.29. The van der Waals surface area contributed by atoms with Gasteiger partial charge in [-0.2, -0.15) is 13.2 Å². The van der Waals surface area contributed by atoms with Gasteiger partial charge in [-0.1, -0.05) is 18.2 Å². The van der Waals surface area contributed by atoms with Gasteiger partial charge in [0.25, 0.3) is 5.91 Å². The second-order valence-electron chi connectivity index (χ2n) is 5.29. The van der Waals surface area contributed by atoms with E-state index in [0.29, 0.717) is 5.75 Å². The van der Waals surface area contributed by atoms with Crippen LogP contribution in [0, 0.1) is 0 Å². The van der Waals surface area contributed by atoms with Gasteiger partial charge in [0.1, 0.15) is 5.75 Å². The van der Waals surface area contributed by atoms with Crippen LogP contribution in [0.2, 0.25) is 0 Å². The Balaban J connectivity index is 2.07. The lowest BCUT2D eigenvalue weighted by atomic mass is 10.1. The minimum absolute atomic E-state index is 0.0599. The molecule has 0 fully saturated rings. The van der Waals surface area contributed by atoms with Gasteiger partial charge in [0.2, 0.25) is 0 Å². The van der Waals surface area contributed by atoms with E-state index in [0.717, 1.165) is 17.7 Å². The van der Waals surface area contributed by atoms with Crippen molar-refractivity contribution in [1.82, 2.24) is 5.32 Å². The van der Waals surface area contributed by atoms with Gasteiger partial charge in [-0.15, -0.1) is 0 Å². The van der Waals surface area contributed by atoms with Crippen molar-refractivity contribution in [3.05, 3.63) is 65.2 Å². The van der Waals surface area contributed by atoms with Gasteiger partial charge in [-0.3, -0.25) is 4.79 Å². The SMILES string of the molecule is COc1cccc(C(CNC(=O)c2cccc(C(F)(F)F)c2)OC)c1. The molecule has 0 heterocycles. The van der Waals surface area contributed by atoms with E-state index >= 15 is 0 Å². The Labute approximate surface area is 143 Å². The Morgan fingerprint density at radius 3 is 2.48 bits per heavy atom. The first-order valence-corrected chi connectivity index (χ1v) is 7.47. The molecule has 0 saturated carbocycles. The molecule has 0 aromatic heterocycles. The lowest BCUT2D eigenvalue weighted by molar-refractivity contribution is -0.137. The van der Waals surface area contributed by atoms with Crippen molar-refractivity contribution >= 4 is 5.91 Å². The van der Waals surface area contributed by atoms with Gasteiger partial charge < -0.3 is 14.8 Å². The van der Waals surface area contributed by atoms with Crippen LogP contribution in [0.4, 0.5) is 13.2 Å². The van der Waals surface area contributed by atoms with Gasteiger partial charge in [0.05, 0.1) is 18.8 Å². The first-order chi connectivity index (χ1) is 11.8. The number of halogens is 3. The molecule has 0 aliphatic carbocycles. The molecule has 2 aromatic rings. The quantitative estimate of drug-likeness (QED) is 0.859. The number of hydrogen-bond donors (Lipinski definition) is 1. The fourth-order valence-corrected chi connectivity index (χ4v) is 2.30. The summed E-state index contributed by atoms with van der Waals surface area (Å²) in [4.78, 5) is 12.1. The minimum Gasteiger partial charge on any atom is -0.497 e. The minimum atomic E-state index is -4.49. The summed E-state index contributed by atoms with van der Waals surface area (Å²) in [6.07, 6.45) is -4.95. The molecule has 0 aliphatic heterocycles. The first-order valence-electron chi connectivity index (χ1n) is 7.47. The highest BCUT2D eigenvalue weighted by atomic mass is 19.4. The fourth-order valence-electron chi connectivity index (χ4n) is 2.30. The Kier molecular flexibility index (Phi) is 6.03. The zero-order chi connectivity index (χ0) is 18.4. The van der Waals surface area contributed by atoms with E-state index in [1.54, 1.807) is 18.2 Å². The molecule has 134 valence electrons. The third-order valence-corrected chi connectivity index (χ3v) is 3.65. The third-order valence-electron chi connectivity index (χ3n) is 3.65. The van der Waals surface area contributed by atoms with Crippen LogP contribution in [0.15, 0.2) is 48.5 Å². The molecule has 4 nitrogen and oxygen atoms in total. The lowest BCUT2D eigenvalue weighted by Crippen LogP contribution is -2.29. The van der Waals surface area contributed by atoms with Crippen LogP contribution in [0.5, 0.6) is 5.75 Å². The smallest absolute Gasteiger partial charge is 0.416 e. The average Bonchev–Trinajstić information content (AvgIpc) is 2.61. The number of nitrogens with one attached hydrogen (secondary N) is 1. The van der Waals surface area contributed by atoms with Crippen LogP contribution in [0.25, 0.3) is 0 Å². The maximum Gasteiger partial charge on any atom is 0.416 e. The highest BCUT2D eigenvalue weighted by molar-refractivity contribution is 5.94. The number of ether oxygens (including phenoxy) is 2. The van der Waals surface area contributed by atoms with E-state index in [4.69, 9.17) is 9.47 Å². The van der Waals surface area contributed by atoms with Crippen molar-refractivity contribution in [3.63, 3.8) is 0 Å². The molecule has 0 saturated heterocycles. The number of amides is 1.